The number of amides is 2. The first-order valence-electron chi connectivity index (χ1n) is 7.81. The van der Waals surface area contributed by atoms with Crippen LogP contribution in [0.2, 0.25) is 0 Å². The fraction of sp³-hybridized carbons (Fsp3) is 0.529. The normalized spacial score (nSPS) is 20.8. The molecular weight excluding hydrogens is 321 g/mol. The summed E-state index contributed by atoms with van der Waals surface area (Å²) >= 11 is 0. The van der Waals surface area contributed by atoms with E-state index in [4.69, 9.17) is 0 Å². The van der Waals surface area contributed by atoms with Crippen LogP contribution in [0.15, 0.2) is 30.3 Å². The van der Waals surface area contributed by atoms with Crippen molar-refractivity contribution in [1.29, 1.82) is 0 Å². The molecule has 0 unspecified atom stereocenters. The zero-order valence-electron chi connectivity index (χ0n) is 13.9. The summed E-state index contributed by atoms with van der Waals surface area (Å²) in [6, 6.07) is 8.63. The summed E-state index contributed by atoms with van der Waals surface area (Å²) in [6.07, 6.45) is -4.75. The van der Waals surface area contributed by atoms with Crippen molar-refractivity contribution in [2.24, 2.45) is 5.92 Å². The molecular formula is C17H21F3N2O2. The van der Waals surface area contributed by atoms with Crippen molar-refractivity contribution < 1.29 is 22.8 Å². The van der Waals surface area contributed by atoms with Crippen LogP contribution in [-0.2, 0) is 9.59 Å². The molecule has 2 amide bonds. The van der Waals surface area contributed by atoms with Crippen molar-refractivity contribution in [3.05, 3.63) is 35.9 Å². The van der Waals surface area contributed by atoms with E-state index in [-0.39, 0.29) is 24.3 Å². The van der Waals surface area contributed by atoms with Crippen LogP contribution in [-0.4, -0.2) is 47.4 Å². The quantitative estimate of drug-likeness (QED) is 0.844. The third-order valence-electron chi connectivity index (χ3n) is 4.79. The number of carbonyl (C=O) groups is 2. The van der Waals surface area contributed by atoms with Crippen LogP contribution in [0.3, 0.4) is 0 Å². The van der Waals surface area contributed by atoms with Crippen LogP contribution in [0.25, 0.3) is 0 Å². The van der Waals surface area contributed by atoms with E-state index in [0.717, 1.165) is 12.6 Å². The van der Waals surface area contributed by atoms with Crippen molar-refractivity contribution in [3.8, 4) is 0 Å². The molecule has 1 aromatic rings. The minimum absolute atomic E-state index is 0.101. The van der Waals surface area contributed by atoms with Crippen molar-refractivity contribution in [2.45, 2.75) is 38.5 Å². The predicted molar refractivity (Wildman–Crippen MR) is 83.0 cm³/mol. The number of benzene rings is 1. The molecule has 0 saturated carbocycles. The van der Waals surface area contributed by atoms with E-state index >= 15 is 0 Å². The molecule has 1 saturated heterocycles. The van der Waals surface area contributed by atoms with E-state index in [0.29, 0.717) is 11.4 Å². The first-order chi connectivity index (χ1) is 11.1. The number of nitrogens with zero attached hydrogens (tertiary/aromatic N) is 2. The average Bonchev–Trinajstić information content (AvgIpc) is 2.93. The number of likely N-dealkylation sites (tertiary alicyclic amines) is 1. The highest BCUT2D eigenvalue weighted by molar-refractivity contribution is 5.82. The standard InChI is InChI=1S/C17H21F3N2O2/c1-11(21(3)16(24)17(18,19)20)14-9-15(23)22(10-14)12(2)13-7-5-4-6-8-13/h4-8,11-12,14H,9-10H2,1-3H3/t11-,12+,14-/m1/s1. The molecule has 0 aliphatic carbocycles. The van der Waals surface area contributed by atoms with E-state index < -0.39 is 18.1 Å². The highest BCUT2D eigenvalue weighted by Crippen LogP contribution is 2.32. The van der Waals surface area contributed by atoms with Gasteiger partial charge in [-0.1, -0.05) is 30.3 Å². The van der Waals surface area contributed by atoms with E-state index in [1.54, 1.807) is 11.8 Å². The molecule has 1 aromatic carbocycles. The number of halogens is 3. The summed E-state index contributed by atoms with van der Waals surface area (Å²) in [5, 5.41) is 0. The second-order valence-corrected chi connectivity index (χ2v) is 6.25. The zero-order chi connectivity index (χ0) is 18.1. The van der Waals surface area contributed by atoms with Gasteiger partial charge in [-0.2, -0.15) is 13.2 Å². The van der Waals surface area contributed by atoms with Crippen molar-refractivity contribution in [2.75, 3.05) is 13.6 Å². The number of hydrogen-bond acceptors (Lipinski definition) is 2. The summed E-state index contributed by atoms with van der Waals surface area (Å²) < 4.78 is 37.7. The van der Waals surface area contributed by atoms with Gasteiger partial charge in [0.25, 0.3) is 0 Å². The van der Waals surface area contributed by atoms with E-state index in [1.807, 2.05) is 37.3 Å². The van der Waals surface area contributed by atoms with Crippen LogP contribution < -0.4 is 0 Å². The monoisotopic (exact) mass is 342 g/mol. The Labute approximate surface area is 139 Å². The van der Waals surface area contributed by atoms with Gasteiger partial charge in [-0.15, -0.1) is 0 Å². The van der Waals surface area contributed by atoms with Gasteiger partial charge < -0.3 is 9.80 Å². The molecule has 0 bridgehead atoms. The third kappa shape index (κ3) is 3.71. The minimum atomic E-state index is -4.90. The highest BCUT2D eigenvalue weighted by atomic mass is 19.4. The lowest BCUT2D eigenvalue weighted by molar-refractivity contribution is -0.186. The van der Waals surface area contributed by atoms with E-state index in [2.05, 4.69) is 0 Å². The maximum Gasteiger partial charge on any atom is 0.471 e. The number of rotatable bonds is 4. The first-order valence-corrected chi connectivity index (χ1v) is 7.81. The molecule has 0 aromatic heterocycles. The SMILES string of the molecule is C[C@H]([C@@H]1CC(=O)N([C@@H](C)c2ccccc2)C1)N(C)C(=O)C(F)(F)F. The Morgan fingerprint density at radius 3 is 2.38 bits per heavy atom. The van der Waals surface area contributed by atoms with Gasteiger partial charge >= 0.3 is 12.1 Å². The van der Waals surface area contributed by atoms with Gasteiger partial charge in [0.15, 0.2) is 0 Å². The lowest BCUT2D eigenvalue weighted by Crippen LogP contribution is -2.46. The van der Waals surface area contributed by atoms with Crippen LogP contribution in [0.1, 0.15) is 31.9 Å². The van der Waals surface area contributed by atoms with Gasteiger partial charge in [-0.05, 0) is 19.4 Å². The lowest BCUT2D eigenvalue weighted by atomic mass is 9.99. The fourth-order valence-electron chi connectivity index (χ4n) is 3.07. The molecule has 0 spiro atoms. The first kappa shape index (κ1) is 18.3. The Hall–Kier alpha value is -2.05. The predicted octanol–water partition coefficient (Wildman–Crippen LogP) is 3.01. The lowest BCUT2D eigenvalue weighted by Gasteiger charge is -2.31. The molecule has 1 aliphatic heterocycles. The Bertz CT molecular complexity index is 604. The van der Waals surface area contributed by atoms with Crippen molar-refractivity contribution in [3.63, 3.8) is 0 Å². The molecule has 24 heavy (non-hydrogen) atoms. The van der Waals surface area contributed by atoms with Gasteiger partial charge in [-0.3, -0.25) is 9.59 Å². The van der Waals surface area contributed by atoms with Crippen LogP contribution in [0.5, 0.6) is 0 Å². The summed E-state index contributed by atoms with van der Waals surface area (Å²) in [5.74, 6) is -2.30. The summed E-state index contributed by atoms with van der Waals surface area (Å²) in [4.78, 5) is 26.0. The van der Waals surface area contributed by atoms with Crippen LogP contribution in [0.4, 0.5) is 13.2 Å². The Morgan fingerprint density at radius 2 is 1.83 bits per heavy atom. The van der Waals surface area contributed by atoms with Gasteiger partial charge in [0.2, 0.25) is 5.91 Å². The Kier molecular flexibility index (Phi) is 5.20. The molecule has 3 atom stereocenters. The van der Waals surface area contributed by atoms with Crippen molar-refractivity contribution in [1.82, 2.24) is 9.80 Å². The maximum absolute atomic E-state index is 12.6. The molecule has 2 rings (SSSR count). The van der Waals surface area contributed by atoms with Gasteiger partial charge in [0, 0.05) is 32.0 Å². The molecule has 1 heterocycles. The van der Waals surface area contributed by atoms with Gasteiger partial charge in [0.1, 0.15) is 0 Å². The molecule has 0 N–H and O–H groups in total. The number of alkyl halides is 3. The largest absolute Gasteiger partial charge is 0.471 e. The van der Waals surface area contributed by atoms with E-state index in [9.17, 15) is 22.8 Å². The second-order valence-electron chi connectivity index (χ2n) is 6.25. The molecule has 132 valence electrons. The third-order valence-corrected chi connectivity index (χ3v) is 4.79. The molecule has 1 fully saturated rings. The van der Waals surface area contributed by atoms with Crippen LogP contribution >= 0.6 is 0 Å². The van der Waals surface area contributed by atoms with Gasteiger partial charge in [0.05, 0.1) is 6.04 Å². The molecule has 4 nitrogen and oxygen atoms in total. The van der Waals surface area contributed by atoms with Crippen molar-refractivity contribution >= 4 is 11.8 Å². The number of carbonyl (C=O) groups excluding carboxylic acids is 2. The number of hydrogen-bond donors (Lipinski definition) is 0. The molecule has 1 aliphatic rings. The van der Waals surface area contributed by atoms with Gasteiger partial charge in [-0.25, -0.2) is 0 Å². The molecule has 0 radical (unpaired) electrons. The summed E-state index contributed by atoms with van der Waals surface area (Å²) in [5.41, 5.74) is 0.971. The second kappa shape index (κ2) is 6.83. The fourth-order valence-corrected chi connectivity index (χ4v) is 3.07. The zero-order valence-corrected chi connectivity index (χ0v) is 13.9. The Balaban J connectivity index is 2.07. The van der Waals surface area contributed by atoms with Crippen LogP contribution in [0, 0.1) is 5.92 Å². The highest BCUT2D eigenvalue weighted by Gasteiger charge is 2.45. The molecule has 7 heteroatoms. The topological polar surface area (TPSA) is 40.6 Å². The summed E-state index contributed by atoms with van der Waals surface area (Å²) in [6.45, 7) is 3.79. The minimum Gasteiger partial charge on any atom is -0.336 e. The maximum atomic E-state index is 12.6. The smallest absolute Gasteiger partial charge is 0.336 e. The average molecular weight is 342 g/mol. The van der Waals surface area contributed by atoms with E-state index in [1.165, 1.54) is 0 Å². The Morgan fingerprint density at radius 1 is 1.25 bits per heavy atom. The summed E-state index contributed by atoms with van der Waals surface area (Å²) in [7, 11) is 1.13.